The van der Waals surface area contributed by atoms with E-state index < -0.39 is 12.6 Å². The van der Waals surface area contributed by atoms with E-state index in [0.29, 0.717) is 24.9 Å². The fourth-order valence-electron chi connectivity index (χ4n) is 2.80. The van der Waals surface area contributed by atoms with Crippen LogP contribution in [0.25, 0.3) is 0 Å². The molecule has 0 aromatic carbocycles. The van der Waals surface area contributed by atoms with E-state index in [2.05, 4.69) is 20.6 Å². The Labute approximate surface area is 175 Å². The van der Waals surface area contributed by atoms with Crippen LogP contribution in [0.1, 0.15) is 51.0 Å². The molecule has 2 N–H and O–H groups in total. The molecule has 1 heterocycles. The van der Waals surface area contributed by atoms with E-state index in [9.17, 15) is 13.2 Å². The number of ether oxygens (including phenoxy) is 1. The number of halogens is 4. The summed E-state index contributed by atoms with van der Waals surface area (Å²) in [5.74, 6) is 0.947. The first kappa shape index (κ1) is 23.8. The van der Waals surface area contributed by atoms with Gasteiger partial charge in [-0.2, -0.15) is 13.2 Å². The molecule has 1 aromatic heterocycles. The molecular weight excluding hydrogens is 472 g/mol. The third-order valence-electron chi connectivity index (χ3n) is 4.10. The molecule has 0 saturated heterocycles. The molecule has 154 valence electrons. The minimum Gasteiger partial charge on any atom is -0.474 e. The second-order valence-electron chi connectivity index (χ2n) is 6.37. The van der Waals surface area contributed by atoms with Crippen LogP contribution in [0, 0.1) is 0 Å². The highest BCUT2D eigenvalue weighted by Gasteiger charge is 2.26. The number of guanidine groups is 1. The Bertz CT molecular complexity index is 578. The molecule has 1 fully saturated rings. The lowest BCUT2D eigenvalue weighted by Crippen LogP contribution is -2.38. The number of hydrogen-bond acceptors (Lipinski definition) is 3. The Morgan fingerprint density at radius 3 is 2.67 bits per heavy atom. The lowest BCUT2D eigenvalue weighted by molar-refractivity contribution is -0.132. The van der Waals surface area contributed by atoms with Gasteiger partial charge in [0.15, 0.2) is 5.96 Å². The molecule has 2 rings (SSSR count). The first-order valence-corrected chi connectivity index (χ1v) is 9.17. The number of rotatable bonds is 7. The molecule has 1 aliphatic carbocycles. The highest BCUT2D eigenvalue weighted by Crippen LogP contribution is 2.22. The topological polar surface area (TPSA) is 58.5 Å². The molecule has 0 bridgehead atoms. The van der Waals surface area contributed by atoms with Crippen molar-refractivity contribution in [3.8, 4) is 5.88 Å². The summed E-state index contributed by atoms with van der Waals surface area (Å²) in [4.78, 5) is 8.58. The van der Waals surface area contributed by atoms with Crippen LogP contribution in [0.4, 0.5) is 13.2 Å². The Hall–Kier alpha value is -1.26. The van der Waals surface area contributed by atoms with E-state index in [-0.39, 0.29) is 36.6 Å². The average Bonchev–Trinajstić information content (AvgIpc) is 2.60. The normalized spacial score (nSPS) is 15.8. The van der Waals surface area contributed by atoms with Crippen molar-refractivity contribution < 1.29 is 17.9 Å². The molecule has 0 amide bonds. The Morgan fingerprint density at radius 2 is 2.00 bits per heavy atom. The Balaban J connectivity index is 0.00000364. The number of aliphatic imine (C=N–C) groups is 1. The SMILES string of the molecule is CCNC(=NCc1ccnc(OC2CCCCC2)c1)NCCC(F)(F)F.I. The van der Waals surface area contributed by atoms with Crippen molar-refractivity contribution in [2.45, 2.75) is 64.3 Å². The molecule has 0 atom stereocenters. The fourth-order valence-corrected chi connectivity index (χ4v) is 2.80. The third kappa shape index (κ3) is 10.0. The maximum Gasteiger partial charge on any atom is 0.390 e. The summed E-state index contributed by atoms with van der Waals surface area (Å²) in [6, 6.07) is 3.67. The summed E-state index contributed by atoms with van der Waals surface area (Å²) in [7, 11) is 0. The van der Waals surface area contributed by atoms with Crippen LogP contribution in [0.2, 0.25) is 0 Å². The monoisotopic (exact) mass is 500 g/mol. The van der Waals surface area contributed by atoms with Gasteiger partial charge in [0.25, 0.3) is 0 Å². The van der Waals surface area contributed by atoms with E-state index >= 15 is 0 Å². The van der Waals surface area contributed by atoms with Gasteiger partial charge in [-0.25, -0.2) is 9.98 Å². The van der Waals surface area contributed by atoms with Crippen molar-refractivity contribution in [3.63, 3.8) is 0 Å². The van der Waals surface area contributed by atoms with Gasteiger partial charge in [0.1, 0.15) is 6.10 Å². The Morgan fingerprint density at radius 1 is 1.26 bits per heavy atom. The summed E-state index contributed by atoms with van der Waals surface area (Å²) in [5, 5.41) is 5.64. The van der Waals surface area contributed by atoms with Gasteiger partial charge in [0.05, 0.1) is 13.0 Å². The first-order valence-electron chi connectivity index (χ1n) is 9.17. The van der Waals surface area contributed by atoms with Crippen LogP contribution in [-0.4, -0.2) is 36.3 Å². The molecule has 0 unspecified atom stereocenters. The van der Waals surface area contributed by atoms with Crippen LogP contribution >= 0.6 is 24.0 Å². The number of pyridine rings is 1. The molecule has 1 aliphatic rings. The zero-order chi connectivity index (χ0) is 18.8. The molecule has 0 spiro atoms. The van der Waals surface area contributed by atoms with Crippen molar-refractivity contribution >= 4 is 29.9 Å². The molecule has 9 heteroatoms. The van der Waals surface area contributed by atoms with E-state index in [1.807, 2.05) is 19.1 Å². The van der Waals surface area contributed by atoms with Gasteiger partial charge >= 0.3 is 6.18 Å². The highest BCUT2D eigenvalue weighted by molar-refractivity contribution is 14.0. The van der Waals surface area contributed by atoms with Crippen molar-refractivity contribution in [2.75, 3.05) is 13.1 Å². The highest BCUT2D eigenvalue weighted by atomic mass is 127. The van der Waals surface area contributed by atoms with Gasteiger partial charge < -0.3 is 15.4 Å². The zero-order valence-electron chi connectivity index (χ0n) is 15.5. The second-order valence-corrected chi connectivity index (χ2v) is 6.37. The van der Waals surface area contributed by atoms with Crippen LogP contribution in [0.15, 0.2) is 23.3 Å². The molecule has 5 nitrogen and oxygen atoms in total. The lowest BCUT2D eigenvalue weighted by atomic mass is 9.98. The van der Waals surface area contributed by atoms with Gasteiger partial charge in [0.2, 0.25) is 5.88 Å². The average molecular weight is 500 g/mol. The van der Waals surface area contributed by atoms with Crippen LogP contribution in [-0.2, 0) is 6.54 Å². The standard InChI is InChI=1S/C18H27F3N4O.HI/c1-2-22-17(24-11-9-18(19,20)21)25-13-14-8-10-23-16(12-14)26-15-6-4-3-5-7-15;/h8,10,12,15H,2-7,9,11,13H2,1H3,(H2,22,24,25);1H. The van der Waals surface area contributed by atoms with Gasteiger partial charge in [-0.05, 0) is 44.2 Å². The summed E-state index contributed by atoms with van der Waals surface area (Å²) >= 11 is 0. The summed E-state index contributed by atoms with van der Waals surface area (Å²) in [6.07, 6.45) is 2.55. The largest absolute Gasteiger partial charge is 0.474 e. The number of hydrogen-bond donors (Lipinski definition) is 2. The number of aromatic nitrogens is 1. The summed E-state index contributed by atoms with van der Waals surface area (Å²) in [6.45, 7) is 2.57. The maximum absolute atomic E-state index is 12.3. The van der Waals surface area contributed by atoms with Crippen LogP contribution in [0.5, 0.6) is 5.88 Å². The van der Waals surface area contributed by atoms with Crippen molar-refractivity contribution in [2.24, 2.45) is 4.99 Å². The quantitative estimate of drug-likeness (QED) is 0.331. The molecule has 1 aromatic rings. The van der Waals surface area contributed by atoms with E-state index in [0.717, 1.165) is 18.4 Å². The van der Waals surface area contributed by atoms with Gasteiger partial charge in [-0.1, -0.05) is 6.42 Å². The van der Waals surface area contributed by atoms with Crippen molar-refractivity contribution in [3.05, 3.63) is 23.9 Å². The molecule has 1 saturated carbocycles. The number of alkyl halides is 3. The summed E-state index contributed by atoms with van der Waals surface area (Å²) < 4.78 is 42.7. The minimum absolute atomic E-state index is 0. The third-order valence-corrected chi connectivity index (χ3v) is 4.10. The van der Waals surface area contributed by atoms with Crippen molar-refractivity contribution in [1.29, 1.82) is 0 Å². The lowest BCUT2D eigenvalue weighted by Gasteiger charge is -2.22. The second kappa shape index (κ2) is 12.2. The fraction of sp³-hybridized carbons (Fsp3) is 0.667. The van der Waals surface area contributed by atoms with E-state index in [1.54, 1.807) is 6.20 Å². The van der Waals surface area contributed by atoms with Gasteiger partial charge in [-0.15, -0.1) is 24.0 Å². The van der Waals surface area contributed by atoms with Gasteiger partial charge in [-0.3, -0.25) is 0 Å². The predicted molar refractivity (Wildman–Crippen MR) is 111 cm³/mol. The zero-order valence-corrected chi connectivity index (χ0v) is 17.8. The molecule has 27 heavy (non-hydrogen) atoms. The smallest absolute Gasteiger partial charge is 0.390 e. The predicted octanol–water partition coefficient (Wildman–Crippen LogP) is 4.42. The Kier molecular flexibility index (Phi) is 10.8. The van der Waals surface area contributed by atoms with Crippen LogP contribution < -0.4 is 15.4 Å². The minimum atomic E-state index is -4.18. The molecular formula is C18H28F3IN4O. The van der Waals surface area contributed by atoms with Crippen molar-refractivity contribution in [1.82, 2.24) is 15.6 Å². The van der Waals surface area contributed by atoms with E-state index in [1.165, 1.54) is 19.3 Å². The molecule has 0 radical (unpaired) electrons. The number of nitrogens with zero attached hydrogens (tertiary/aromatic N) is 2. The first-order chi connectivity index (χ1) is 12.5. The maximum atomic E-state index is 12.3. The number of nitrogens with one attached hydrogen (secondary N) is 2. The van der Waals surface area contributed by atoms with E-state index in [4.69, 9.17) is 4.74 Å². The summed E-state index contributed by atoms with van der Waals surface area (Å²) in [5.41, 5.74) is 0.902. The van der Waals surface area contributed by atoms with Crippen LogP contribution in [0.3, 0.4) is 0 Å². The van der Waals surface area contributed by atoms with Gasteiger partial charge in [0, 0.05) is 25.4 Å². The molecule has 0 aliphatic heterocycles.